The first-order chi connectivity index (χ1) is 4.34. The van der Waals surface area contributed by atoms with Gasteiger partial charge in [-0.25, -0.2) is 0 Å². The first-order valence-corrected chi connectivity index (χ1v) is 3.23. The lowest BCUT2D eigenvalue weighted by Crippen LogP contribution is -1.89. The number of carbonyl (C=O) groups excluding carboxylic acids is 1. The van der Waals surface area contributed by atoms with Gasteiger partial charge in [-0.1, -0.05) is 23.8 Å². The number of hydrogen-bond acceptors (Lipinski definition) is 1. The molecule has 0 bridgehead atoms. The molecule has 0 aliphatic heterocycles. The van der Waals surface area contributed by atoms with Gasteiger partial charge in [0, 0.05) is 10.6 Å². The summed E-state index contributed by atoms with van der Waals surface area (Å²) in [6, 6.07) is 0. The molecule has 1 rings (SSSR count). The smallest absolute Gasteiger partial charge is 0.151 e. The third-order valence-corrected chi connectivity index (χ3v) is 1.68. The quantitative estimate of drug-likeness (QED) is 0.512. The highest BCUT2D eigenvalue weighted by molar-refractivity contribution is 6.31. The van der Waals surface area contributed by atoms with Gasteiger partial charge in [-0.2, -0.15) is 0 Å². The van der Waals surface area contributed by atoms with E-state index in [0.717, 1.165) is 19.1 Å². The molecule has 9 heavy (non-hydrogen) atoms. The number of allylic oxidation sites excluding steroid dienone is 4. The van der Waals surface area contributed by atoms with Gasteiger partial charge in [-0.3, -0.25) is 4.79 Å². The highest BCUT2D eigenvalue weighted by Gasteiger charge is 2.02. The fourth-order valence-corrected chi connectivity index (χ4v) is 0.975. The molecule has 0 radical (unpaired) electrons. The van der Waals surface area contributed by atoms with Crippen LogP contribution >= 0.6 is 11.6 Å². The van der Waals surface area contributed by atoms with E-state index in [1.807, 2.05) is 6.08 Å². The van der Waals surface area contributed by atoms with E-state index in [4.69, 9.17) is 11.6 Å². The summed E-state index contributed by atoms with van der Waals surface area (Å²) in [4.78, 5) is 10.2. The van der Waals surface area contributed by atoms with Crippen LogP contribution in [0.5, 0.6) is 0 Å². The molecule has 0 saturated carbocycles. The Kier molecular flexibility index (Phi) is 2.06. The lowest BCUT2D eigenvalue weighted by molar-refractivity contribution is -0.104. The maximum Gasteiger partial charge on any atom is 0.151 e. The number of aldehydes is 1. The van der Waals surface area contributed by atoms with E-state index in [-0.39, 0.29) is 0 Å². The van der Waals surface area contributed by atoms with Crippen molar-refractivity contribution in [1.82, 2.24) is 0 Å². The third-order valence-electron chi connectivity index (χ3n) is 1.27. The molecule has 1 aliphatic rings. The average molecular weight is 143 g/mol. The number of carbonyl (C=O) groups is 1. The zero-order chi connectivity index (χ0) is 6.69. The largest absolute Gasteiger partial charge is 0.298 e. The van der Waals surface area contributed by atoms with Crippen LogP contribution < -0.4 is 0 Å². The van der Waals surface area contributed by atoms with E-state index < -0.39 is 0 Å². The molecule has 0 unspecified atom stereocenters. The molecule has 0 fully saturated rings. The van der Waals surface area contributed by atoms with Crippen molar-refractivity contribution < 1.29 is 4.79 Å². The second kappa shape index (κ2) is 2.83. The summed E-state index contributed by atoms with van der Waals surface area (Å²) in [5.41, 5.74) is 0.628. The van der Waals surface area contributed by atoms with Crippen LogP contribution in [0.25, 0.3) is 0 Å². The van der Waals surface area contributed by atoms with Crippen molar-refractivity contribution in [2.75, 3.05) is 0 Å². The Balaban J connectivity index is 2.84. The van der Waals surface area contributed by atoms with Gasteiger partial charge in [0.15, 0.2) is 6.29 Å². The fraction of sp³-hybridized carbons (Fsp3) is 0.286. The predicted octanol–water partition coefficient (Wildman–Crippen LogP) is 2.03. The van der Waals surface area contributed by atoms with Crippen molar-refractivity contribution in [3.05, 3.63) is 22.8 Å². The molecule has 0 atom stereocenters. The molecule has 0 saturated heterocycles. The van der Waals surface area contributed by atoms with Gasteiger partial charge in [-0.05, 0) is 12.8 Å². The van der Waals surface area contributed by atoms with Crippen LogP contribution in [0.2, 0.25) is 0 Å². The van der Waals surface area contributed by atoms with Crippen molar-refractivity contribution in [3.63, 3.8) is 0 Å². The molecule has 0 aromatic rings. The van der Waals surface area contributed by atoms with Gasteiger partial charge in [0.25, 0.3) is 0 Å². The zero-order valence-electron chi connectivity index (χ0n) is 4.93. The Labute approximate surface area is 59.0 Å². The molecular formula is C7H7ClO. The standard InChI is InChI=1S/C7H7ClO/c8-7-4-2-1-3-6(7)5-9/h1,3,5H,2,4H2. The van der Waals surface area contributed by atoms with Gasteiger partial charge in [0.1, 0.15) is 0 Å². The molecule has 0 aromatic carbocycles. The van der Waals surface area contributed by atoms with E-state index in [2.05, 4.69) is 0 Å². The van der Waals surface area contributed by atoms with E-state index >= 15 is 0 Å². The minimum atomic E-state index is 0.628. The van der Waals surface area contributed by atoms with Crippen LogP contribution in [0.1, 0.15) is 12.8 Å². The van der Waals surface area contributed by atoms with Crippen LogP contribution in [0.15, 0.2) is 22.8 Å². The first-order valence-electron chi connectivity index (χ1n) is 2.85. The normalized spacial score (nSPS) is 18.3. The molecule has 2 heteroatoms. The first kappa shape index (κ1) is 6.56. The second-order valence-electron chi connectivity index (χ2n) is 1.92. The van der Waals surface area contributed by atoms with E-state index in [0.29, 0.717) is 10.6 Å². The minimum absolute atomic E-state index is 0.628. The van der Waals surface area contributed by atoms with Crippen LogP contribution in [0.4, 0.5) is 0 Å². The van der Waals surface area contributed by atoms with Gasteiger partial charge >= 0.3 is 0 Å². The second-order valence-corrected chi connectivity index (χ2v) is 2.38. The van der Waals surface area contributed by atoms with Gasteiger partial charge in [0.2, 0.25) is 0 Å². The van der Waals surface area contributed by atoms with E-state index in [9.17, 15) is 4.79 Å². The molecule has 0 spiro atoms. The van der Waals surface area contributed by atoms with Crippen LogP contribution in [0, 0.1) is 0 Å². The van der Waals surface area contributed by atoms with Gasteiger partial charge in [0.05, 0.1) is 0 Å². The molecule has 0 amide bonds. The van der Waals surface area contributed by atoms with Crippen LogP contribution in [-0.4, -0.2) is 6.29 Å². The Morgan fingerprint density at radius 1 is 1.67 bits per heavy atom. The Bertz CT molecular complexity index is 179. The Morgan fingerprint density at radius 3 is 2.89 bits per heavy atom. The van der Waals surface area contributed by atoms with E-state index in [1.165, 1.54) is 0 Å². The predicted molar refractivity (Wildman–Crippen MR) is 37.3 cm³/mol. The van der Waals surface area contributed by atoms with Crippen molar-refractivity contribution in [1.29, 1.82) is 0 Å². The van der Waals surface area contributed by atoms with Crippen molar-refractivity contribution in [2.45, 2.75) is 12.8 Å². The summed E-state index contributed by atoms with van der Waals surface area (Å²) in [5, 5.41) is 0.688. The monoisotopic (exact) mass is 142 g/mol. The summed E-state index contributed by atoms with van der Waals surface area (Å²) in [6.07, 6.45) is 6.27. The number of hydrogen-bond donors (Lipinski definition) is 0. The summed E-state index contributed by atoms with van der Waals surface area (Å²) in [7, 11) is 0. The van der Waals surface area contributed by atoms with Gasteiger partial charge < -0.3 is 0 Å². The summed E-state index contributed by atoms with van der Waals surface area (Å²) < 4.78 is 0. The Morgan fingerprint density at radius 2 is 2.44 bits per heavy atom. The highest BCUT2D eigenvalue weighted by atomic mass is 35.5. The lowest BCUT2D eigenvalue weighted by Gasteiger charge is -2.02. The summed E-state index contributed by atoms with van der Waals surface area (Å²) in [5.74, 6) is 0. The average Bonchev–Trinajstić information content (AvgIpc) is 1.89. The minimum Gasteiger partial charge on any atom is -0.298 e. The summed E-state index contributed by atoms with van der Waals surface area (Å²) in [6.45, 7) is 0. The molecule has 48 valence electrons. The van der Waals surface area contributed by atoms with Crippen LogP contribution in [-0.2, 0) is 4.79 Å². The molecular weight excluding hydrogens is 136 g/mol. The molecule has 0 N–H and O–H groups in total. The maximum absolute atomic E-state index is 10.2. The number of halogens is 1. The Hall–Kier alpha value is -0.560. The van der Waals surface area contributed by atoms with Crippen molar-refractivity contribution in [3.8, 4) is 0 Å². The number of rotatable bonds is 1. The molecule has 1 aliphatic carbocycles. The lowest BCUT2D eigenvalue weighted by atomic mass is 10.1. The van der Waals surface area contributed by atoms with Crippen molar-refractivity contribution in [2.24, 2.45) is 0 Å². The van der Waals surface area contributed by atoms with Gasteiger partial charge in [-0.15, -0.1) is 0 Å². The van der Waals surface area contributed by atoms with E-state index in [1.54, 1.807) is 6.08 Å². The maximum atomic E-state index is 10.2. The zero-order valence-corrected chi connectivity index (χ0v) is 5.69. The highest BCUT2D eigenvalue weighted by Crippen LogP contribution is 2.20. The molecule has 0 aromatic heterocycles. The third kappa shape index (κ3) is 1.42. The molecule has 0 heterocycles. The fourth-order valence-electron chi connectivity index (χ4n) is 0.758. The molecule has 1 nitrogen and oxygen atoms in total. The SMILES string of the molecule is O=CC1=C(Cl)CCC=C1. The van der Waals surface area contributed by atoms with Crippen LogP contribution in [0.3, 0.4) is 0 Å². The topological polar surface area (TPSA) is 17.1 Å². The van der Waals surface area contributed by atoms with Crippen molar-refractivity contribution >= 4 is 17.9 Å². The summed E-state index contributed by atoms with van der Waals surface area (Å²) >= 11 is 5.68.